The van der Waals surface area contributed by atoms with Crippen molar-refractivity contribution in [1.29, 1.82) is 0 Å². The lowest BCUT2D eigenvalue weighted by Crippen LogP contribution is -2.22. The molecular formula is C24H22N2O6. The zero-order valence-electron chi connectivity index (χ0n) is 17.3. The number of aromatic hydroxyl groups is 1. The summed E-state index contributed by atoms with van der Waals surface area (Å²) in [6.45, 7) is 2.13. The molecule has 0 aliphatic carbocycles. The van der Waals surface area contributed by atoms with Crippen LogP contribution in [0.2, 0.25) is 0 Å². The Bertz CT molecular complexity index is 1110. The summed E-state index contributed by atoms with van der Waals surface area (Å²) in [5, 5.41) is 15.0. The molecule has 0 bridgehead atoms. The number of hydrogen-bond donors (Lipinski definition) is 3. The van der Waals surface area contributed by atoms with Crippen LogP contribution in [-0.4, -0.2) is 29.7 Å². The van der Waals surface area contributed by atoms with Crippen molar-refractivity contribution >= 4 is 23.7 Å². The van der Waals surface area contributed by atoms with Gasteiger partial charge in [0.2, 0.25) is 0 Å². The topological polar surface area (TPSA) is 114 Å². The van der Waals surface area contributed by atoms with Crippen molar-refractivity contribution in [3.8, 4) is 11.5 Å². The van der Waals surface area contributed by atoms with E-state index in [1.807, 2.05) is 6.07 Å². The Balaban J connectivity index is 1.57. The standard InChI is InChI=1S/C24H22N2O6/c1-2-31-24(30)32-21-11-9-17(10-12-21)23(29)26-19-7-3-5-16(13-19)15-25-22(28)18-6-4-8-20(27)14-18/h3-14,27H,2,15H2,1H3,(H,25,28)(H,26,29). The second kappa shape index (κ2) is 10.6. The van der Waals surface area contributed by atoms with Crippen LogP contribution in [0.15, 0.2) is 72.8 Å². The molecule has 3 aromatic rings. The molecule has 0 aromatic heterocycles. The minimum Gasteiger partial charge on any atom is -0.508 e. The van der Waals surface area contributed by atoms with Gasteiger partial charge in [-0.25, -0.2) is 4.79 Å². The normalized spacial score (nSPS) is 10.2. The number of amides is 2. The summed E-state index contributed by atoms with van der Waals surface area (Å²) in [4.78, 5) is 36.1. The molecule has 0 saturated heterocycles. The van der Waals surface area contributed by atoms with Crippen molar-refractivity contribution in [1.82, 2.24) is 5.32 Å². The minimum atomic E-state index is -0.808. The number of carbonyl (C=O) groups excluding carboxylic acids is 3. The van der Waals surface area contributed by atoms with E-state index in [9.17, 15) is 19.5 Å². The first kappa shape index (κ1) is 22.4. The fourth-order valence-electron chi connectivity index (χ4n) is 2.81. The predicted octanol–water partition coefficient (Wildman–Crippen LogP) is 4.11. The van der Waals surface area contributed by atoms with Crippen LogP contribution in [0.3, 0.4) is 0 Å². The zero-order chi connectivity index (χ0) is 22.9. The van der Waals surface area contributed by atoms with Crippen molar-refractivity contribution in [3.05, 3.63) is 89.5 Å². The summed E-state index contributed by atoms with van der Waals surface area (Å²) in [5.74, 6) is -0.374. The Hall–Kier alpha value is -4.33. The smallest absolute Gasteiger partial charge is 0.508 e. The Morgan fingerprint density at radius 3 is 2.34 bits per heavy atom. The zero-order valence-corrected chi connectivity index (χ0v) is 17.3. The van der Waals surface area contributed by atoms with Gasteiger partial charge < -0.3 is 25.2 Å². The van der Waals surface area contributed by atoms with E-state index >= 15 is 0 Å². The van der Waals surface area contributed by atoms with Crippen molar-refractivity contribution in [2.24, 2.45) is 0 Å². The van der Waals surface area contributed by atoms with Gasteiger partial charge in [-0.1, -0.05) is 18.2 Å². The summed E-state index contributed by atoms with van der Waals surface area (Å²) in [5.41, 5.74) is 2.08. The molecule has 3 rings (SSSR count). The molecule has 0 fully saturated rings. The summed E-state index contributed by atoms with van der Waals surface area (Å²) >= 11 is 0. The number of anilines is 1. The Kier molecular flexibility index (Phi) is 7.42. The highest BCUT2D eigenvalue weighted by molar-refractivity contribution is 6.04. The van der Waals surface area contributed by atoms with Gasteiger partial charge >= 0.3 is 6.16 Å². The molecule has 0 aliphatic rings. The Labute approximate surface area is 184 Å². The molecule has 164 valence electrons. The van der Waals surface area contributed by atoms with Crippen molar-refractivity contribution in [2.75, 3.05) is 11.9 Å². The maximum Gasteiger partial charge on any atom is 0.513 e. The third-order valence-corrected chi connectivity index (χ3v) is 4.33. The fraction of sp³-hybridized carbons (Fsp3) is 0.125. The van der Waals surface area contributed by atoms with Gasteiger partial charge in [-0.2, -0.15) is 0 Å². The minimum absolute atomic E-state index is 0.0165. The Morgan fingerprint density at radius 1 is 0.875 bits per heavy atom. The lowest BCUT2D eigenvalue weighted by atomic mass is 10.1. The molecule has 0 spiro atoms. The molecule has 3 aromatic carbocycles. The van der Waals surface area contributed by atoms with Gasteiger partial charge in [0.15, 0.2) is 0 Å². The van der Waals surface area contributed by atoms with Crippen LogP contribution in [0, 0.1) is 0 Å². The van der Waals surface area contributed by atoms with Gasteiger partial charge in [-0.15, -0.1) is 0 Å². The first-order valence-corrected chi connectivity index (χ1v) is 9.87. The molecule has 0 radical (unpaired) electrons. The van der Waals surface area contributed by atoms with Gasteiger partial charge in [0.05, 0.1) is 6.61 Å². The number of carbonyl (C=O) groups is 3. The molecule has 0 unspecified atom stereocenters. The van der Waals surface area contributed by atoms with Crippen LogP contribution >= 0.6 is 0 Å². The van der Waals surface area contributed by atoms with E-state index in [-0.39, 0.29) is 36.5 Å². The van der Waals surface area contributed by atoms with E-state index in [0.29, 0.717) is 16.8 Å². The monoisotopic (exact) mass is 434 g/mol. The van der Waals surface area contributed by atoms with Gasteiger partial charge in [-0.3, -0.25) is 9.59 Å². The number of ether oxygens (including phenoxy) is 2. The third kappa shape index (κ3) is 6.33. The second-order valence-electron chi connectivity index (χ2n) is 6.70. The number of phenols is 1. The first-order valence-electron chi connectivity index (χ1n) is 9.87. The molecular weight excluding hydrogens is 412 g/mol. The summed E-state index contributed by atoms with van der Waals surface area (Å²) in [6, 6.07) is 19.2. The highest BCUT2D eigenvalue weighted by Crippen LogP contribution is 2.16. The number of phenolic OH excluding ortho intramolecular Hbond substituents is 1. The van der Waals surface area contributed by atoms with Crippen LogP contribution in [0.5, 0.6) is 11.5 Å². The van der Waals surface area contributed by atoms with Crippen LogP contribution in [0.25, 0.3) is 0 Å². The molecule has 32 heavy (non-hydrogen) atoms. The second-order valence-corrected chi connectivity index (χ2v) is 6.70. The van der Waals surface area contributed by atoms with Gasteiger partial charge in [0.1, 0.15) is 11.5 Å². The lowest BCUT2D eigenvalue weighted by Gasteiger charge is -2.10. The summed E-state index contributed by atoms with van der Waals surface area (Å²) in [6.07, 6.45) is -0.808. The van der Waals surface area contributed by atoms with E-state index in [4.69, 9.17) is 9.47 Å². The van der Waals surface area contributed by atoms with Crippen molar-refractivity contribution < 1.29 is 29.0 Å². The maximum atomic E-state index is 12.5. The molecule has 0 heterocycles. The van der Waals surface area contributed by atoms with Crippen molar-refractivity contribution in [3.63, 3.8) is 0 Å². The van der Waals surface area contributed by atoms with E-state index in [2.05, 4.69) is 10.6 Å². The van der Waals surface area contributed by atoms with Crippen LogP contribution in [-0.2, 0) is 11.3 Å². The largest absolute Gasteiger partial charge is 0.513 e. The molecule has 2 amide bonds. The molecule has 0 atom stereocenters. The van der Waals surface area contributed by atoms with Crippen LogP contribution in [0.1, 0.15) is 33.2 Å². The first-order chi connectivity index (χ1) is 15.4. The predicted molar refractivity (Wildman–Crippen MR) is 118 cm³/mol. The van der Waals surface area contributed by atoms with E-state index in [0.717, 1.165) is 5.56 Å². The molecule has 8 nitrogen and oxygen atoms in total. The highest BCUT2D eigenvalue weighted by Gasteiger charge is 2.10. The van der Waals surface area contributed by atoms with E-state index in [1.165, 1.54) is 36.4 Å². The van der Waals surface area contributed by atoms with Gasteiger partial charge in [-0.05, 0) is 67.1 Å². The number of nitrogens with one attached hydrogen (secondary N) is 2. The summed E-state index contributed by atoms with van der Waals surface area (Å²) in [7, 11) is 0. The SMILES string of the molecule is CCOC(=O)Oc1ccc(C(=O)Nc2cccc(CNC(=O)c3cccc(O)c3)c2)cc1. The third-order valence-electron chi connectivity index (χ3n) is 4.33. The van der Waals surface area contributed by atoms with Gasteiger partial charge in [0, 0.05) is 23.4 Å². The molecule has 0 saturated carbocycles. The highest BCUT2D eigenvalue weighted by atomic mass is 16.7. The fourth-order valence-corrected chi connectivity index (χ4v) is 2.81. The van der Waals surface area contributed by atoms with Gasteiger partial charge in [0.25, 0.3) is 11.8 Å². The van der Waals surface area contributed by atoms with Crippen LogP contribution in [0.4, 0.5) is 10.5 Å². The van der Waals surface area contributed by atoms with E-state index < -0.39 is 6.16 Å². The summed E-state index contributed by atoms with van der Waals surface area (Å²) < 4.78 is 9.67. The Morgan fingerprint density at radius 2 is 1.62 bits per heavy atom. The molecule has 8 heteroatoms. The maximum absolute atomic E-state index is 12.5. The average Bonchev–Trinajstić information content (AvgIpc) is 2.78. The van der Waals surface area contributed by atoms with Crippen molar-refractivity contribution in [2.45, 2.75) is 13.5 Å². The number of hydrogen-bond acceptors (Lipinski definition) is 6. The van der Waals surface area contributed by atoms with Crippen LogP contribution < -0.4 is 15.4 Å². The lowest BCUT2D eigenvalue weighted by molar-refractivity contribution is 0.0948. The van der Waals surface area contributed by atoms with E-state index in [1.54, 1.807) is 37.3 Å². The number of rotatable bonds is 7. The average molecular weight is 434 g/mol. The quantitative estimate of drug-likeness (QED) is 0.381. The number of benzene rings is 3. The molecule has 3 N–H and O–H groups in total. The molecule has 0 aliphatic heterocycles.